The van der Waals surface area contributed by atoms with Gasteiger partial charge in [0.05, 0.1) is 33.5 Å². The highest BCUT2D eigenvalue weighted by atomic mass is 15.0. The minimum absolute atomic E-state index is 0.113. The molecule has 2 aromatic heterocycles. The SMILES string of the molecule is CC1(C)c2ccccc2-n2c3ccc4c(c5ccccc5n4-c4cccc(C5=C(c6ccccc6)N=C(c6ccccc6)CCCC=C5)c4)c3c3cccc1c32. The van der Waals surface area contributed by atoms with E-state index in [2.05, 4.69) is 199 Å². The van der Waals surface area contributed by atoms with Gasteiger partial charge in [-0.15, -0.1) is 0 Å². The van der Waals surface area contributed by atoms with E-state index < -0.39 is 0 Å². The van der Waals surface area contributed by atoms with Gasteiger partial charge in [-0.3, -0.25) is 4.99 Å². The summed E-state index contributed by atoms with van der Waals surface area (Å²) in [5.41, 5.74) is 16.7. The van der Waals surface area contributed by atoms with Crippen molar-refractivity contribution in [1.29, 1.82) is 0 Å². The van der Waals surface area contributed by atoms with Gasteiger partial charge in [0.15, 0.2) is 0 Å². The average molecular weight is 720 g/mol. The van der Waals surface area contributed by atoms with Crippen LogP contribution in [0.2, 0.25) is 0 Å². The lowest BCUT2D eigenvalue weighted by Gasteiger charge is -2.34. The molecule has 2 aliphatic rings. The third-order valence-corrected chi connectivity index (χ3v) is 12.2. The summed E-state index contributed by atoms with van der Waals surface area (Å²) >= 11 is 0. The van der Waals surface area contributed by atoms with Crippen LogP contribution in [0.3, 0.4) is 0 Å². The average Bonchev–Trinajstić information content (AvgIpc) is 3.80. The second kappa shape index (κ2) is 12.7. The number of nitrogens with zero attached hydrogens (tertiary/aromatic N) is 3. The zero-order valence-corrected chi connectivity index (χ0v) is 31.7. The lowest BCUT2D eigenvalue weighted by molar-refractivity contribution is 0.630. The van der Waals surface area contributed by atoms with E-state index in [1.165, 1.54) is 66.0 Å². The lowest BCUT2D eigenvalue weighted by atomic mass is 9.75. The predicted molar refractivity (Wildman–Crippen MR) is 236 cm³/mol. The first-order valence-electron chi connectivity index (χ1n) is 19.9. The van der Waals surface area contributed by atoms with Crippen LogP contribution in [0.25, 0.3) is 66.3 Å². The predicted octanol–water partition coefficient (Wildman–Crippen LogP) is 13.6. The van der Waals surface area contributed by atoms with Gasteiger partial charge in [0.25, 0.3) is 0 Å². The van der Waals surface area contributed by atoms with Crippen LogP contribution in [0.5, 0.6) is 0 Å². The van der Waals surface area contributed by atoms with Gasteiger partial charge in [-0.2, -0.15) is 0 Å². The van der Waals surface area contributed by atoms with Gasteiger partial charge in [0.2, 0.25) is 0 Å². The maximum absolute atomic E-state index is 5.53. The molecule has 9 aromatic rings. The zero-order valence-electron chi connectivity index (χ0n) is 31.7. The Hall–Kier alpha value is -6.71. The molecule has 0 bridgehead atoms. The van der Waals surface area contributed by atoms with Gasteiger partial charge in [-0.05, 0) is 77.9 Å². The number of hydrogen-bond donors (Lipinski definition) is 0. The molecule has 11 rings (SSSR count). The fourth-order valence-corrected chi connectivity index (χ4v) is 9.61. The van der Waals surface area contributed by atoms with Crippen molar-refractivity contribution in [3.63, 3.8) is 0 Å². The van der Waals surface area contributed by atoms with Crippen LogP contribution >= 0.6 is 0 Å². The summed E-state index contributed by atoms with van der Waals surface area (Å²) in [5, 5.41) is 5.18. The Morgan fingerprint density at radius 2 is 1.18 bits per heavy atom. The van der Waals surface area contributed by atoms with Crippen LogP contribution in [0, 0.1) is 0 Å². The number of rotatable bonds is 4. The van der Waals surface area contributed by atoms with Crippen molar-refractivity contribution < 1.29 is 0 Å². The van der Waals surface area contributed by atoms with E-state index in [9.17, 15) is 0 Å². The smallest absolute Gasteiger partial charge is 0.0783 e. The molecule has 0 fully saturated rings. The normalized spacial score (nSPS) is 15.2. The monoisotopic (exact) mass is 719 g/mol. The van der Waals surface area contributed by atoms with Gasteiger partial charge < -0.3 is 9.13 Å². The van der Waals surface area contributed by atoms with Crippen LogP contribution in [0.1, 0.15) is 60.9 Å². The Balaban J connectivity index is 1.18. The molecule has 0 saturated carbocycles. The molecule has 0 amide bonds. The van der Waals surface area contributed by atoms with Crippen molar-refractivity contribution in [1.82, 2.24) is 9.13 Å². The third kappa shape index (κ3) is 4.87. The second-order valence-electron chi connectivity index (χ2n) is 15.8. The summed E-state index contributed by atoms with van der Waals surface area (Å²) in [7, 11) is 0. The van der Waals surface area contributed by atoms with E-state index in [1.807, 2.05) is 0 Å². The Morgan fingerprint density at radius 3 is 2.02 bits per heavy atom. The second-order valence-corrected chi connectivity index (χ2v) is 15.8. The summed E-state index contributed by atoms with van der Waals surface area (Å²) in [6, 6.07) is 60.0. The van der Waals surface area contributed by atoms with Gasteiger partial charge >= 0.3 is 0 Å². The molecule has 3 heteroatoms. The standard InChI is InChI=1S/C53H41N3/c1-53(2)42-27-13-15-31-46(42)56-48-33-32-47-49(50(48)41-26-17-28-43(53)52(41)56)40-25-12-14-30-45(40)55(47)38-23-16-22-37(34-38)39-24-10-5-11-29-44(35-18-6-3-7-19-35)54-51(39)36-20-8-4-9-21-36/h3-4,6-10,12-28,30-34H,5,11,29H2,1-2H3. The minimum atomic E-state index is -0.113. The Kier molecular flexibility index (Phi) is 7.40. The van der Waals surface area contributed by atoms with Gasteiger partial charge in [-0.1, -0.05) is 153 Å². The first-order chi connectivity index (χ1) is 27.6. The maximum atomic E-state index is 5.53. The van der Waals surface area contributed by atoms with Crippen LogP contribution < -0.4 is 0 Å². The van der Waals surface area contributed by atoms with E-state index in [4.69, 9.17) is 4.99 Å². The van der Waals surface area contributed by atoms with Crippen LogP contribution in [-0.2, 0) is 5.41 Å². The number of hydrogen-bond acceptors (Lipinski definition) is 1. The van der Waals surface area contributed by atoms with Crippen molar-refractivity contribution in [3.05, 3.63) is 204 Å². The summed E-state index contributed by atoms with van der Waals surface area (Å²) in [4.78, 5) is 5.53. The first kappa shape index (κ1) is 32.7. The molecule has 4 heterocycles. The summed E-state index contributed by atoms with van der Waals surface area (Å²) in [5.74, 6) is 0. The molecule has 3 nitrogen and oxygen atoms in total. The highest BCUT2D eigenvalue weighted by Crippen LogP contribution is 2.50. The molecule has 0 aliphatic carbocycles. The quantitative estimate of drug-likeness (QED) is 0.173. The minimum Gasteiger partial charge on any atom is -0.309 e. The highest BCUT2D eigenvalue weighted by Gasteiger charge is 2.35. The molecule has 0 radical (unpaired) electrons. The van der Waals surface area contributed by atoms with E-state index in [0.717, 1.165) is 53.1 Å². The van der Waals surface area contributed by atoms with Crippen molar-refractivity contribution in [2.24, 2.45) is 4.99 Å². The molecule has 0 saturated heterocycles. The Morgan fingerprint density at radius 1 is 0.536 bits per heavy atom. The Labute approximate surface area is 327 Å². The molecular weight excluding hydrogens is 679 g/mol. The number of aromatic nitrogens is 2. The van der Waals surface area contributed by atoms with Crippen LogP contribution in [0.15, 0.2) is 181 Å². The van der Waals surface area contributed by atoms with Crippen LogP contribution in [0.4, 0.5) is 0 Å². The maximum Gasteiger partial charge on any atom is 0.0783 e. The number of aliphatic imine (C=N–C) groups is 1. The first-order valence-corrected chi connectivity index (χ1v) is 19.9. The van der Waals surface area contributed by atoms with Crippen molar-refractivity contribution in [3.8, 4) is 11.4 Å². The fraction of sp³-hybridized carbons (Fsp3) is 0.113. The molecule has 2 aliphatic heterocycles. The summed E-state index contributed by atoms with van der Waals surface area (Å²) in [6.45, 7) is 4.74. The molecular formula is C53H41N3. The number of fused-ring (bicyclic) bond motifs is 9. The largest absolute Gasteiger partial charge is 0.309 e. The number of para-hydroxylation sites is 3. The van der Waals surface area contributed by atoms with Gasteiger partial charge in [0.1, 0.15) is 0 Å². The Bertz CT molecular complexity index is 3110. The number of benzene rings is 7. The molecule has 0 N–H and O–H groups in total. The number of allylic oxidation sites excluding steroid dienone is 3. The summed E-state index contributed by atoms with van der Waals surface area (Å²) in [6.07, 6.45) is 7.62. The van der Waals surface area contributed by atoms with E-state index in [-0.39, 0.29) is 5.41 Å². The van der Waals surface area contributed by atoms with E-state index in [1.54, 1.807) is 0 Å². The van der Waals surface area contributed by atoms with Crippen molar-refractivity contribution >= 4 is 60.6 Å². The summed E-state index contributed by atoms with van der Waals surface area (Å²) < 4.78 is 5.00. The van der Waals surface area contributed by atoms with Crippen LogP contribution in [-0.4, -0.2) is 14.8 Å². The third-order valence-electron chi connectivity index (χ3n) is 12.2. The highest BCUT2D eigenvalue weighted by molar-refractivity contribution is 6.29. The van der Waals surface area contributed by atoms with Gasteiger partial charge in [0, 0.05) is 49.5 Å². The van der Waals surface area contributed by atoms with Crippen molar-refractivity contribution in [2.75, 3.05) is 0 Å². The van der Waals surface area contributed by atoms with E-state index in [0.29, 0.717) is 0 Å². The lowest BCUT2D eigenvalue weighted by Crippen LogP contribution is -2.26. The topological polar surface area (TPSA) is 22.2 Å². The zero-order chi connectivity index (χ0) is 37.4. The van der Waals surface area contributed by atoms with E-state index >= 15 is 0 Å². The molecule has 7 aromatic carbocycles. The molecule has 56 heavy (non-hydrogen) atoms. The van der Waals surface area contributed by atoms with Crippen molar-refractivity contribution in [2.45, 2.75) is 38.5 Å². The van der Waals surface area contributed by atoms with Gasteiger partial charge in [-0.25, -0.2) is 0 Å². The molecule has 268 valence electrons. The fourth-order valence-electron chi connectivity index (χ4n) is 9.61. The molecule has 0 spiro atoms. The molecule has 0 unspecified atom stereocenters. The molecule has 0 atom stereocenters.